The van der Waals surface area contributed by atoms with Crippen LogP contribution in [0.15, 0.2) is 72.8 Å². The summed E-state index contributed by atoms with van der Waals surface area (Å²) in [5.41, 5.74) is 2.50. The van der Waals surface area contributed by atoms with Gasteiger partial charge in [0.1, 0.15) is 17.5 Å². The SMILES string of the molecule is Cc1nc(NCc2ccccc2)cc(N2CCN(C/C=C/c3ccccc3)CC2)n1. The van der Waals surface area contributed by atoms with Gasteiger partial charge in [0.25, 0.3) is 0 Å². The van der Waals surface area contributed by atoms with Crippen molar-refractivity contribution >= 4 is 17.7 Å². The molecular weight excluding hydrogens is 370 g/mol. The summed E-state index contributed by atoms with van der Waals surface area (Å²) in [6, 6.07) is 22.9. The Balaban J connectivity index is 1.30. The molecule has 2 aromatic carbocycles. The second kappa shape index (κ2) is 10.0. The van der Waals surface area contributed by atoms with Gasteiger partial charge in [0.2, 0.25) is 0 Å². The van der Waals surface area contributed by atoms with E-state index in [1.165, 1.54) is 11.1 Å². The molecular formula is C25H29N5. The van der Waals surface area contributed by atoms with E-state index in [1.807, 2.05) is 19.1 Å². The fraction of sp³-hybridized carbons (Fsp3) is 0.280. The molecule has 1 aliphatic heterocycles. The van der Waals surface area contributed by atoms with Gasteiger partial charge in [-0.1, -0.05) is 72.8 Å². The molecule has 1 aromatic heterocycles. The van der Waals surface area contributed by atoms with Crippen LogP contribution in [-0.2, 0) is 6.54 Å². The molecule has 0 spiro atoms. The fourth-order valence-electron chi connectivity index (χ4n) is 3.65. The fourth-order valence-corrected chi connectivity index (χ4v) is 3.65. The highest BCUT2D eigenvalue weighted by Gasteiger charge is 2.18. The van der Waals surface area contributed by atoms with E-state index in [4.69, 9.17) is 0 Å². The van der Waals surface area contributed by atoms with Gasteiger partial charge in [0.15, 0.2) is 0 Å². The largest absolute Gasteiger partial charge is 0.366 e. The van der Waals surface area contributed by atoms with Crippen LogP contribution in [0.25, 0.3) is 6.08 Å². The smallest absolute Gasteiger partial charge is 0.134 e. The van der Waals surface area contributed by atoms with Crippen molar-refractivity contribution in [2.45, 2.75) is 13.5 Å². The number of nitrogens with zero attached hydrogens (tertiary/aromatic N) is 4. The molecule has 0 atom stereocenters. The first-order chi connectivity index (χ1) is 14.8. The second-order valence-corrected chi connectivity index (χ2v) is 7.60. The number of hydrogen-bond donors (Lipinski definition) is 1. The van der Waals surface area contributed by atoms with Crippen LogP contribution in [0.3, 0.4) is 0 Å². The zero-order valence-electron chi connectivity index (χ0n) is 17.5. The van der Waals surface area contributed by atoms with E-state index in [2.05, 4.69) is 91.8 Å². The molecule has 0 bridgehead atoms. The van der Waals surface area contributed by atoms with E-state index < -0.39 is 0 Å². The van der Waals surface area contributed by atoms with Crippen LogP contribution in [0, 0.1) is 6.92 Å². The van der Waals surface area contributed by atoms with Gasteiger partial charge in [-0.25, -0.2) is 9.97 Å². The number of piperazine rings is 1. The summed E-state index contributed by atoms with van der Waals surface area (Å²) >= 11 is 0. The first kappa shape index (κ1) is 20.1. The molecule has 0 unspecified atom stereocenters. The van der Waals surface area contributed by atoms with Gasteiger partial charge in [-0.15, -0.1) is 0 Å². The number of aryl methyl sites for hydroxylation is 1. The van der Waals surface area contributed by atoms with Crippen LogP contribution in [0.2, 0.25) is 0 Å². The molecule has 5 heteroatoms. The van der Waals surface area contributed by atoms with Crippen LogP contribution >= 0.6 is 0 Å². The summed E-state index contributed by atoms with van der Waals surface area (Å²) in [7, 11) is 0. The molecule has 1 aliphatic rings. The van der Waals surface area contributed by atoms with Crippen molar-refractivity contribution in [1.82, 2.24) is 14.9 Å². The van der Waals surface area contributed by atoms with Crippen LogP contribution in [0.1, 0.15) is 17.0 Å². The summed E-state index contributed by atoms with van der Waals surface area (Å²) in [6.45, 7) is 7.74. The van der Waals surface area contributed by atoms with Crippen molar-refractivity contribution < 1.29 is 0 Å². The molecule has 30 heavy (non-hydrogen) atoms. The topological polar surface area (TPSA) is 44.3 Å². The maximum absolute atomic E-state index is 4.68. The summed E-state index contributed by atoms with van der Waals surface area (Å²) in [4.78, 5) is 14.1. The molecule has 1 saturated heterocycles. The highest BCUT2D eigenvalue weighted by Crippen LogP contribution is 2.18. The number of nitrogens with one attached hydrogen (secondary N) is 1. The molecule has 1 N–H and O–H groups in total. The Morgan fingerprint density at radius 3 is 2.33 bits per heavy atom. The Kier molecular flexibility index (Phi) is 6.72. The third-order valence-electron chi connectivity index (χ3n) is 5.31. The van der Waals surface area contributed by atoms with Crippen LogP contribution < -0.4 is 10.2 Å². The van der Waals surface area contributed by atoms with Crippen molar-refractivity contribution in [3.63, 3.8) is 0 Å². The number of aromatic nitrogens is 2. The van der Waals surface area contributed by atoms with E-state index in [1.54, 1.807) is 0 Å². The molecule has 1 fully saturated rings. The first-order valence-corrected chi connectivity index (χ1v) is 10.6. The van der Waals surface area contributed by atoms with Crippen molar-refractivity contribution in [3.8, 4) is 0 Å². The number of anilines is 2. The number of hydrogen-bond acceptors (Lipinski definition) is 5. The van der Waals surface area contributed by atoms with Gasteiger partial charge >= 0.3 is 0 Å². The van der Waals surface area contributed by atoms with Crippen LogP contribution in [0.4, 0.5) is 11.6 Å². The minimum Gasteiger partial charge on any atom is -0.366 e. The van der Waals surface area contributed by atoms with Gasteiger partial charge in [0, 0.05) is 45.3 Å². The highest BCUT2D eigenvalue weighted by atomic mass is 15.3. The van der Waals surface area contributed by atoms with Crippen LogP contribution in [-0.4, -0.2) is 47.6 Å². The molecule has 0 amide bonds. The highest BCUT2D eigenvalue weighted by molar-refractivity contribution is 5.50. The van der Waals surface area contributed by atoms with E-state index in [0.29, 0.717) is 0 Å². The lowest BCUT2D eigenvalue weighted by Gasteiger charge is -2.35. The van der Waals surface area contributed by atoms with Gasteiger partial charge in [-0.2, -0.15) is 0 Å². The predicted molar refractivity (Wildman–Crippen MR) is 125 cm³/mol. The third-order valence-corrected chi connectivity index (χ3v) is 5.31. The van der Waals surface area contributed by atoms with Gasteiger partial charge in [0.05, 0.1) is 0 Å². The first-order valence-electron chi connectivity index (χ1n) is 10.6. The molecule has 0 saturated carbocycles. The molecule has 0 radical (unpaired) electrons. The molecule has 2 heterocycles. The van der Waals surface area contributed by atoms with E-state index in [-0.39, 0.29) is 0 Å². The van der Waals surface area contributed by atoms with E-state index >= 15 is 0 Å². The van der Waals surface area contributed by atoms with Crippen molar-refractivity contribution in [2.75, 3.05) is 42.9 Å². The summed E-state index contributed by atoms with van der Waals surface area (Å²) in [5, 5.41) is 3.44. The Bertz CT molecular complexity index is 948. The maximum Gasteiger partial charge on any atom is 0.134 e. The maximum atomic E-state index is 4.68. The Morgan fingerprint density at radius 1 is 0.900 bits per heavy atom. The van der Waals surface area contributed by atoms with Crippen molar-refractivity contribution in [3.05, 3.63) is 89.8 Å². The Morgan fingerprint density at radius 2 is 1.60 bits per heavy atom. The number of benzene rings is 2. The lowest BCUT2D eigenvalue weighted by Crippen LogP contribution is -2.46. The number of rotatable bonds is 7. The van der Waals surface area contributed by atoms with Crippen LogP contribution in [0.5, 0.6) is 0 Å². The normalized spacial score (nSPS) is 14.9. The van der Waals surface area contributed by atoms with Crippen molar-refractivity contribution in [1.29, 1.82) is 0 Å². The lowest BCUT2D eigenvalue weighted by molar-refractivity contribution is 0.283. The zero-order chi connectivity index (χ0) is 20.6. The Labute approximate surface area is 179 Å². The average molecular weight is 400 g/mol. The second-order valence-electron chi connectivity index (χ2n) is 7.60. The van der Waals surface area contributed by atoms with Gasteiger partial charge in [-0.3, -0.25) is 4.90 Å². The van der Waals surface area contributed by atoms with Crippen molar-refractivity contribution in [2.24, 2.45) is 0 Å². The average Bonchev–Trinajstić information content (AvgIpc) is 2.79. The third kappa shape index (κ3) is 5.67. The zero-order valence-corrected chi connectivity index (χ0v) is 17.5. The van der Waals surface area contributed by atoms with Gasteiger partial charge < -0.3 is 10.2 Å². The lowest BCUT2D eigenvalue weighted by atomic mass is 10.2. The molecule has 0 aliphatic carbocycles. The van der Waals surface area contributed by atoms with E-state index in [0.717, 1.165) is 56.7 Å². The summed E-state index contributed by atoms with van der Waals surface area (Å²) < 4.78 is 0. The monoisotopic (exact) mass is 399 g/mol. The summed E-state index contributed by atoms with van der Waals surface area (Å²) in [5.74, 6) is 2.70. The predicted octanol–water partition coefficient (Wildman–Crippen LogP) is 4.23. The molecule has 3 aromatic rings. The molecule has 5 nitrogen and oxygen atoms in total. The molecule has 154 valence electrons. The minimum atomic E-state index is 0.762. The summed E-state index contributed by atoms with van der Waals surface area (Å²) in [6.07, 6.45) is 4.45. The molecule has 4 rings (SSSR count). The van der Waals surface area contributed by atoms with E-state index in [9.17, 15) is 0 Å². The standard InChI is InChI=1S/C25H29N5/c1-21-27-24(26-20-23-11-6-3-7-12-23)19-25(28-21)30-17-15-29(16-18-30)14-8-13-22-9-4-2-5-10-22/h2-13,19H,14-18,20H2,1H3,(H,26,27,28)/b13-8+. The minimum absolute atomic E-state index is 0.762. The van der Waals surface area contributed by atoms with Gasteiger partial charge in [-0.05, 0) is 18.1 Å². The Hall–Kier alpha value is -3.18. The quantitative estimate of drug-likeness (QED) is 0.644.